The van der Waals surface area contributed by atoms with Gasteiger partial charge in [0.15, 0.2) is 0 Å². The van der Waals surface area contributed by atoms with Crippen molar-refractivity contribution in [3.05, 3.63) is 0 Å². The zero-order valence-corrected chi connectivity index (χ0v) is 14.2. The Morgan fingerprint density at radius 3 is 2.57 bits per heavy atom. The Balaban J connectivity index is 1.88. The highest BCUT2D eigenvalue weighted by Crippen LogP contribution is 2.26. The van der Waals surface area contributed by atoms with Crippen LogP contribution >= 0.6 is 11.8 Å². The first-order valence-corrected chi connectivity index (χ1v) is 9.18. The molecule has 2 saturated heterocycles. The molecule has 21 heavy (non-hydrogen) atoms. The Bertz CT molecular complexity index is 392. The van der Waals surface area contributed by atoms with Crippen molar-refractivity contribution in [2.75, 3.05) is 38.2 Å². The lowest BCUT2D eigenvalue weighted by Gasteiger charge is -2.42. The van der Waals surface area contributed by atoms with Gasteiger partial charge in [-0.2, -0.15) is 11.8 Å². The zero-order valence-electron chi connectivity index (χ0n) is 13.4. The van der Waals surface area contributed by atoms with E-state index < -0.39 is 0 Å². The van der Waals surface area contributed by atoms with E-state index in [4.69, 9.17) is 0 Å². The van der Waals surface area contributed by atoms with E-state index in [0.717, 1.165) is 51.2 Å². The molecule has 2 aliphatic rings. The third kappa shape index (κ3) is 3.84. The smallest absolute Gasteiger partial charge is 0.317 e. The number of likely N-dealkylation sites (tertiary alicyclic amines) is 1. The second-order valence-corrected chi connectivity index (χ2v) is 7.49. The molecular formula is C15H27N3O2S. The van der Waals surface area contributed by atoms with E-state index in [2.05, 4.69) is 5.32 Å². The molecule has 2 fully saturated rings. The highest BCUT2D eigenvalue weighted by atomic mass is 32.2. The molecule has 0 aromatic rings. The molecule has 5 nitrogen and oxygen atoms in total. The molecule has 120 valence electrons. The van der Waals surface area contributed by atoms with Crippen molar-refractivity contribution in [3.63, 3.8) is 0 Å². The number of hydrogen-bond donors (Lipinski definition) is 1. The first-order valence-electron chi connectivity index (χ1n) is 7.78. The number of nitrogens with zero attached hydrogens (tertiary/aromatic N) is 2. The molecule has 0 radical (unpaired) electrons. The summed E-state index contributed by atoms with van der Waals surface area (Å²) in [6, 6.07) is 0.353. The topological polar surface area (TPSA) is 52.7 Å². The first-order chi connectivity index (χ1) is 9.95. The number of amides is 3. The van der Waals surface area contributed by atoms with Crippen LogP contribution in [0.5, 0.6) is 0 Å². The van der Waals surface area contributed by atoms with Gasteiger partial charge in [0.2, 0.25) is 5.91 Å². The van der Waals surface area contributed by atoms with Crippen molar-refractivity contribution in [1.82, 2.24) is 15.1 Å². The molecule has 3 amide bonds. The normalized spacial score (nSPS) is 21.4. The maximum Gasteiger partial charge on any atom is 0.317 e. The molecule has 0 atom stereocenters. The van der Waals surface area contributed by atoms with E-state index in [0.29, 0.717) is 0 Å². The number of hydrogen-bond acceptors (Lipinski definition) is 3. The van der Waals surface area contributed by atoms with Crippen molar-refractivity contribution in [1.29, 1.82) is 0 Å². The number of carbonyl (C=O) groups is 2. The third-order valence-corrected chi connectivity index (χ3v) is 5.40. The van der Waals surface area contributed by atoms with Crippen LogP contribution < -0.4 is 5.32 Å². The van der Waals surface area contributed by atoms with Crippen LogP contribution in [0.2, 0.25) is 0 Å². The molecule has 6 heteroatoms. The number of carbonyl (C=O) groups excluding carboxylic acids is 2. The highest BCUT2D eigenvalue weighted by molar-refractivity contribution is 7.98. The molecular weight excluding hydrogens is 286 g/mol. The van der Waals surface area contributed by atoms with E-state index >= 15 is 0 Å². The van der Waals surface area contributed by atoms with Crippen molar-refractivity contribution in [2.45, 2.75) is 39.2 Å². The lowest BCUT2D eigenvalue weighted by Crippen LogP contribution is -2.55. The van der Waals surface area contributed by atoms with Crippen LogP contribution in [0.3, 0.4) is 0 Å². The fourth-order valence-corrected chi connectivity index (χ4v) is 4.07. The summed E-state index contributed by atoms with van der Waals surface area (Å²) in [4.78, 5) is 28.4. The summed E-state index contributed by atoms with van der Waals surface area (Å²) in [5.74, 6) is 1.10. The predicted octanol–water partition coefficient (Wildman–Crippen LogP) is 1.78. The van der Waals surface area contributed by atoms with Crippen LogP contribution in [0.1, 0.15) is 33.1 Å². The number of urea groups is 1. The predicted molar refractivity (Wildman–Crippen MR) is 86.5 cm³/mol. The summed E-state index contributed by atoms with van der Waals surface area (Å²) >= 11 is 1.72. The number of rotatable bonds is 4. The number of thioether (sulfide) groups is 1. The average Bonchev–Trinajstić information content (AvgIpc) is 2.47. The van der Waals surface area contributed by atoms with Gasteiger partial charge in [-0.25, -0.2) is 4.79 Å². The zero-order chi connectivity index (χ0) is 15.5. The van der Waals surface area contributed by atoms with Crippen molar-refractivity contribution in [2.24, 2.45) is 5.41 Å². The van der Waals surface area contributed by atoms with E-state index in [1.807, 2.05) is 29.9 Å². The Morgan fingerprint density at radius 1 is 1.33 bits per heavy atom. The Hall–Kier alpha value is -0.910. The second-order valence-electron chi connectivity index (χ2n) is 6.62. The van der Waals surface area contributed by atoms with Crippen LogP contribution in [0.4, 0.5) is 4.79 Å². The lowest BCUT2D eigenvalue weighted by atomic mass is 9.92. The Labute approximate surface area is 131 Å². The van der Waals surface area contributed by atoms with Crippen molar-refractivity contribution < 1.29 is 9.59 Å². The molecule has 2 aliphatic heterocycles. The third-order valence-electron chi connectivity index (χ3n) is 4.39. The van der Waals surface area contributed by atoms with Gasteiger partial charge >= 0.3 is 6.03 Å². The molecule has 0 bridgehead atoms. The van der Waals surface area contributed by atoms with Crippen LogP contribution in [-0.2, 0) is 4.79 Å². The average molecular weight is 313 g/mol. The summed E-state index contributed by atoms with van der Waals surface area (Å²) in [6.45, 7) is 7.22. The van der Waals surface area contributed by atoms with Gasteiger partial charge in [-0.05, 0) is 25.5 Å². The van der Waals surface area contributed by atoms with Crippen LogP contribution in [0, 0.1) is 5.41 Å². The Morgan fingerprint density at radius 2 is 2.00 bits per heavy atom. The van der Waals surface area contributed by atoms with Gasteiger partial charge in [0, 0.05) is 38.0 Å². The van der Waals surface area contributed by atoms with E-state index in [1.165, 1.54) is 0 Å². The monoisotopic (exact) mass is 313 g/mol. The van der Waals surface area contributed by atoms with E-state index in [-0.39, 0.29) is 23.4 Å². The quantitative estimate of drug-likeness (QED) is 0.861. The van der Waals surface area contributed by atoms with E-state index in [1.54, 1.807) is 11.8 Å². The molecule has 0 aromatic heterocycles. The minimum absolute atomic E-state index is 0.0636. The summed E-state index contributed by atoms with van der Waals surface area (Å²) in [7, 11) is 0. The largest absolute Gasteiger partial charge is 0.342 e. The molecule has 0 aromatic carbocycles. The number of nitrogens with one attached hydrogen (secondary N) is 1. The van der Waals surface area contributed by atoms with Gasteiger partial charge in [-0.3, -0.25) is 4.79 Å². The standard InChI is InChI=1S/C15H27N3O2S/c1-15(2,11-21-3)13(19)17-9-5-12(6-10-17)18-8-4-7-16-14(18)20/h12H,4-11H2,1-3H3,(H,16,20). The minimum Gasteiger partial charge on any atom is -0.342 e. The van der Waals surface area contributed by atoms with Gasteiger partial charge < -0.3 is 15.1 Å². The fraction of sp³-hybridized carbons (Fsp3) is 0.867. The maximum atomic E-state index is 12.6. The molecule has 1 N–H and O–H groups in total. The first kappa shape index (κ1) is 16.5. The highest BCUT2D eigenvalue weighted by Gasteiger charge is 2.35. The van der Waals surface area contributed by atoms with Crippen molar-refractivity contribution in [3.8, 4) is 0 Å². The van der Waals surface area contributed by atoms with Gasteiger partial charge in [0.05, 0.1) is 5.41 Å². The van der Waals surface area contributed by atoms with Gasteiger partial charge in [-0.1, -0.05) is 13.8 Å². The molecule has 0 spiro atoms. The SMILES string of the molecule is CSCC(C)(C)C(=O)N1CCC(N2CCCNC2=O)CC1. The summed E-state index contributed by atoms with van der Waals surface area (Å²) in [6.07, 6.45) is 4.85. The molecule has 0 aliphatic carbocycles. The summed E-state index contributed by atoms with van der Waals surface area (Å²) < 4.78 is 0. The summed E-state index contributed by atoms with van der Waals surface area (Å²) in [5, 5.41) is 2.91. The van der Waals surface area contributed by atoms with E-state index in [9.17, 15) is 9.59 Å². The second kappa shape index (κ2) is 6.90. The van der Waals surface area contributed by atoms with Gasteiger partial charge in [0.1, 0.15) is 0 Å². The minimum atomic E-state index is -0.297. The fourth-order valence-electron chi connectivity index (χ4n) is 3.23. The Kier molecular flexibility index (Phi) is 5.41. The van der Waals surface area contributed by atoms with Crippen LogP contribution in [-0.4, -0.2) is 66.0 Å². The number of piperidine rings is 1. The maximum absolute atomic E-state index is 12.6. The molecule has 0 unspecified atom stereocenters. The van der Waals surface area contributed by atoms with Gasteiger partial charge in [0.25, 0.3) is 0 Å². The molecule has 0 saturated carbocycles. The summed E-state index contributed by atoms with van der Waals surface area (Å²) in [5.41, 5.74) is -0.297. The van der Waals surface area contributed by atoms with Gasteiger partial charge in [-0.15, -0.1) is 0 Å². The van der Waals surface area contributed by atoms with Crippen LogP contribution in [0.15, 0.2) is 0 Å². The molecule has 2 heterocycles. The molecule has 2 rings (SSSR count). The van der Waals surface area contributed by atoms with Crippen LogP contribution in [0.25, 0.3) is 0 Å². The van der Waals surface area contributed by atoms with Crippen molar-refractivity contribution >= 4 is 23.7 Å². The lowest BCUT2D eigenvalue weighted by molar-refractivity contribution is -0.140.